The zero-order valence-corrected chi connectivity index (χ0v) is 6.04. The highest BCUT2D eigenvalue weighted by molar-refractivity contribution is 5.63. The van der Waals surface area contributed by atoms with Crippen LogP contribution in [0.4, 0.5) is 0 Å². The van der Waals surface area contributed by atoms with Gasteiger partial charge in [-0.2, -0.15) is 0 Å². The summed E-state index contributed by atoms with van der Waals surface area (Å²) in [6.07, 6.45) is 7.75. The van der Waals surface area contributed by atoms with Crippen molar-refractivity contribution in [1.29, 1.82) is 0 Å². The van der Waals surface area contributed by atoms with Gasteiger partial charge in [-0.3, -0.25) is 0 Å². The zero-order valence-electron chi connectivity index (χ0n) is 6.04. The highest BCUT2D eigenvalue weighted by Gasteiger charge is 2.11. The minimum Gasteiger partial charge on any atom is -0.300 e. The van der Waals surface area contributed by atoms with Crippen molar-refractivity contribution in [2.45, 2.75) is 13.3 Å². The smallest absolute Gasteiger partial charge is 0.0273 e. The molecule has 1 heteroatoms. The summed E-state index contributed by atoms with van der Waals surface area (Å²) in [5.74, 6) is 1.37. The lowest BCUT2D eigenvalue weighted by atomic mass is 10.1. The van der Waals surface area contributed by atoms with Gasteiger partial charge in [-0.15, -0.1) is 0 Å². The molecule has 0 aliphatic heterocycles. The molecule has 2 atom stereocenters. The molecule has 1 aliphatic carbocycles. The van der Waals surface area contributed by atoms with Gasteiger partial charge in [-0.25, -0.2) is 0 Å². The summed E-state index contributed by atoms with van der Waals surface area (Å²) in [6, 6.07) is 0. The Bertz CT molecular complexity index is 136. The lowest BCUT2D eigenvalue weighted by molar-refractivity contribution is 0.654. The summed E-state index contributed by atoms with van der Waals surface area (Å²) >= 11 is 0. The maximum absolute atomic E-state index is 3.98. The molecule has 0 spiro atoms. The van der Waals surface area contributed by atoms with Crippen molar-refractivity contribution >= 4 is 6.21 Å². The first-order valence-corrected chi connectivity index (χ1v) is 3.43. The van der Waals surface area contributed by atoms with E-state index in [9.17, 15) is 0 Å². The Morgan fingerprint density at radius 1 is 1.56 bits per heavy atom. The van der Waals surface area contributed by atoms with Crippen molar-refractivity contribution in [2.24, 2.45) is 16.8 Å². The highest BCUT2D eigenvalue weighted by atomic mass is 14.6. The van der Waals surface area contributed by atoms with Crippen LogP contribution in [0.3, 0.4) is 0 Å². The van der Waals surface area contributed by atoms with Crippen LogP contribution in [0.25, 0.3) is 0 Å². The van der Waals surface area contributed by atoms with E-state index in [1.54, 1.807) is 0 Å². The predicted octanol–water partition coefficient (Wildman–Crippen LogP) is 1.90. The minimum absolute atomic E-state index is 0.616. The maximum Gasteiger partial charge on any atom is 0.0273 e. The van der Waals surface area contributed by atoms with E-state index in [4.69, 9.17) is 0 Å². The van der Waals surface area contributed by atoms with Crippen LogP contribution < -0.4 is 0 Å². The monoisotopic (exact) mass is 123 g/mol. The van der Waals surface area contributed by atoms with Crippen LogP contribution in [0.15, 0.2) is 17.1 Å². The Morgan fingerprint density at radius 3 is 2.78 bits per heavy atom. The second-order valence-electron chi connectivity index (χ2n) is 2.67. The van der Waals surface area contributed by atoms with Gasteiger partial charge < -0.3 is 4.99 Å². The molecule has 1 rings (SSSR count). The fourth-order valence-electron chi connectivity index (χ4n) is 1.22. The van der Waals surface area contributed by atoms with Gasteiger partial charge in [0.2, 0.25) is 0 Å². The van der Waals surface area contributed by atoms with Crippen molar-refractivity contribution in [3.05, 3.63) is 12.2 Å². The van der Waals surface area contributed by atoms with Crippen LogP contribution in [0, 0.1) is 11.8 Å². The minimum atomic E-state index is 0.616. The number of rotatable bonds is 1. The van der Waals surface area contributed by atoms with Crippen LogP contribution in [-0.2, 0) is 0 Å². The number of nitrogens with zero attached hydrogens (tertiary/aromatic N) is 1. The summed E-state index contributed by atoms with van der Waals surface area (Å²) in [5.41, 5.74) is 0. The highest BCUT2D eigenvalue weighted by Crippen LogP contribution is 2.20. The zero-order chi connectivity index (χ0) is 6.69. The summed E-state index contributed by atoms with van der Waals surface area (Å²) in [5, 5.41) is 0. The van der Waals surface area contributed by atoms with Gasteiger partial charge in [-0.1, -0.05) is 19.1 Å². The van der Waals surface area contributed by atoms with Crippen LogP contribution in [0.5, 0.6) is 0 Å². The van der Waals surface area contributed by atoms with Crippen molar-refractivity contribution in [3.63, 3.8) is 0 Å². The molecule has 0 amide bonds. The SMILES string of the molecule is CN=CC1C=CC(C)C1. The van der Waals surface area contributed by atoms with Crippen LogP contribution in [0.2, 0.25) is 0 Å². The first kappa shape index (κ1) is 6.53. The summed E-state index contributed by atoms with van der Waals surface area (Å²) in [6.45, 7) is 2.24. The summed E-state index contributed by atoms with van der Waals surface area (Å²) < 4.78 is 0. The summed E-state index contributed by atoms with van der Waals surface area (Å²) in [4.78, 5) is 3.98. The van der Waals surface area contributed by atoms with Crippen LogP contribution >= 0.6 is 0 Å². The van der Waals surface area contributed by atoms with Gasteiger partial charge in [0, 0.05) is 19.2 Å². The normalized spacial score (nSPS) is 34.4. The van der Waals surface area contributed by atoms with Crippen molar-refractivity contribution in [2.75, 3.05) is 7.05 Å². The van der Waals surface area contributed by atoms with E-state index in [1.807, 2.05) is 13.3 Å². The third kappa shape index (κ3) is 1.67. The standard InChI is InChI=1S/C8H13N/c1-7-3-4-8(5-7)6-9-2/h3-4,6-8H,5H2,1-2H3. The second-order valence-corrected chi connectivity index (χ2v) is 2.67. The van der Waals surface area contributed by atoms with Crippen molar-refractivity contribution in [1.82, 2.24) is 0 Å². The second kappa shape index (κ2) is 2.81. The molecule has 1 nitrogen and oxygen atoms in total. The van der Waals surface area contributed by atoms with E-state index >= 15 is 0 Å². The largest absolute Gasteiger partial charge is 0.300 e. The van der Waals surface area contributed by atoms with Crippen LogP contribution in [-0.4, -0.2) is 13.3 Å². The Balaban J connectivity index is 2.41. The molecule has 0 saturated heterocycles. The number of hydrogen-bond acceptors (Lipinski definition) is 1. The molecule has 0 saturated carbocycles. The van der Waals surface area contributed by atoms with E-state index in [0.29, 0.717) is 5.92 Å². The molecule has 0 aromatic heterocycles. The molecule has 50 valence electrons. The molecule has 0 fully saturated rings. The van der Waals surface area contributed by atoms with Gasteiger partial charge in [0.1, 0.15) is 0 Å². The van der Waals surface area contributed by atoms with Crippen LogP contribution in [0.1, 0.15) is 13.3 Å². The molecule has 9 heavy (non-hydrogen) atoms. The Labute approximate surface area is 56.5 Å². The quantitative estimate of drug-likeness (QED) is 0.373. The molecule has 0 radical (unpaired) electrons. The fraction of sp³-hybridized carbons (Fsp3) is 0.625. The number of allylic oxidation sites excluding steroid dienone is 2. The third-order valence-electron chi connectivity index (χ3n) is 1.67. The van der Waals surface area contributed by atoms with E-state index < -0.39 is 0 Å². The van der Waals surface area contributed by atoms with Gasteiger partial charge in [0.05, 0.1) is 0 Å². The number of hydrogen-bond donors (Lipinski definition) is 0. The average molecular weight is 123 g/mol. The first-order valence-electron chi connectivity index (χ1n) is 3.43. The molecule has 0 N–H and O–H groups in total. The Kier molecular flexibility index (Phi) is 2.04. The van der Waals surface area contributed by atoms with E-state index in [-0.39, 0.29) is 0 Å². The lowest BCUT2D eigenvalue weighted by Gasteiger charge is -1.99. The molecular formula is C8H13N. The summed E-state index contributed by atoms with van der Waals surface area (Å²) in [7, 11) is 1.83. The molecule has 0 bridgehead atoms. The van der Waals surface area contributed by atoms with Gasteiger partial charge in [0.25, 0.3) is 0 Å². The lowest BCUT2D eigenvalue weighted by Crippen LogP contribution is -1.95. The third-order valence-corrected chi connectivity index (χ3v) is 1.67. The molecule has 0 aromatic carbocycles. The molecule has 2 unspecified atom stereocenters. The van der Waals surface area contributed by atoms with E-state index in [2.05, 4.69) is 24.1 Å². The van der Waals surface area contributed by atoms with Gasteiger partial charge in [0.15, 0.2) is 0 Å². The molecule has 0 aromatic rings. The van der Waals surface area contributed by atoms with E-state index in [0.717, 1.165) is 5.92 Å². The molecule has 0 heterocycles. The average Bonchev–Trinajstić information content (AvgIpc) is 2.17. The van der Waals surface area contributed by atoms with Crippen molar-refractivity contribution in [3.8, 4) is 0 Å². The van der Waals surface area contributed by atoms with Gasteiger partial charge >= 0.3 is 0 Å². The Morgan fingerprint density at radius 2 is 2.33 bits per heavy atom. The van der Waals surface area contributed by atoms with E-state index in [1.165, 1.54) is 6.42 Å². The molecular weight excluding hydrogens is 110 g/mol. The van der Waals surface area contributed by atoms with Crippen molar-refractivity contribution < 1.29 is 0 Å². The molecule has 1 aliphatic rings. The predicted molar refractivity (Wildman–Crippen MR) is 40.8 cm³/mol. The maximum atomic E-state index is 3.98. The first-order chi connectivity index (χ1) is 4.33. The fourth-order valence-corrected chi connectivity index (χ4v) is 1.22. The topological polar surface area (TPSA) is 12.4 Å². The Hall–Kier alpha value is -0.590. The number of aliphatic imine (C=N–C) groups is 1. The van der Waals surface area contributed by atoms with Gasteiger partial charge in [-0.05, 0) is 12.3 Å².